The molecule has 5 rings (SSSR count). The Balaban J connectivity index is 1.68. The van der Waals surface area contributed by atoms with Gasteiger partial charge in [0.15, 0.2) is 0 Å². The lowest BCUT2D eigenvalue weighted by Crippen LogP contribution is -2.27. The second-order valence-electron chi connectivity index (χ2n) is 9.21. The molecule has 0 radical (unpaired) electrons. The zero-order valence-corrected chi connectivity index (χ0v) is 20.2. The van der Waals surface area contributed by atoms with Crippen molar-refractivity contribution in [2.45, 2.75) is 25.4 Å². The van der Waals surface area contributed by atoms with Crippen LogP contribution in [0.1, 0.15) is 41.7 Å². The van der Waals surface area contributed by atoms with Crippen LogP contribution in [-0.4, -0.2) is 24.8 Å². The van der Waals surface area contributed by atoms with Gasteiger partial charge >= 0.3 is 0 Å². The Morgan fingerprint density at radius 1 is 0.743 bits per heavy atom. The second kappa shape index (κ2) is 10.1. The molecule has 1 aliphatic rings. The summed E-state index contributed by atoms with van der Waals surface area (Å²) in [5.41, 5.74) is 4.60. The molecular formula is C32H30N2O. The Morgan fingerprint density at radius 3 is 1.71 bits per heavy atom. The molecule has 1 aliphatic heterocycles. The predicted octanol–water partition coefficient (Wildman–Crippen LogP) is 6.90. The lowest BCUT2D eigenvalue weighted by atomic mass is 9.77. The normalized spacial score (nSPS) is 15.9. The van der Waals surface area contributed by atoms with E-state index in [4.69, 9.17) is 14.7 Å². The van der Waals surface area contributed by atoms with Crippen LogP contribution in [0.5, 0.6) is 0 Å². The highest BCUT2D eigenvalue weighted by Gasteiger charge is 2.35. The number of aliphatic imine (C=N–C) groups is 2. The van der Waals surface area contributed by atoms with Gasteiger partial charge in [-0.05, 0) is 28.7 Å². The van der Waals surface area contributed by atoms with E-state index in [1.54, 1.807) is 0 Å². The van der Waals surface area contributed by atoms with E-state index in [-0.39, 0.29) is 6.04 Å². The van der Waals surface area contributed by atoms with Crippen LogP contribution in [0.3, 0.4) is 0 Å². The zero-order valence-electron chi connectivity index (χ0n) is 20.2. The fourth-order valence-electron chi connectivity index (χ4n) is 4.61. The molecule has 0 spiro atoms. The van der Waals surface area contributed by atoms with Crippen molar-refractivity contribution in [3.63, 3.8) is 0 Å². The minimum Gasteiger partial charge on any atom is -0.475 e. The van der Waals surface area contributed by atoms with E-state index >= 15 is 0 Å². The fourth-order valence-corrected chi connectivity index (χ4v) is 4.61. The van der Waals surface area contributed by atoms with Gasteiger partial charge in [0.1, 0.15) is 12.1 Å². The van der Waals surface area contributed by atoms with Crippen LogP contribution in [0.15, 0.2) is 125 Å². The molecule has 0 fully saturated rings. The predicted molar refractivity (Wildman–Crippen MR) is 144 cm³/mol. The van der Waals surface area contributed by atoms with Crippen molar-refractivity contribution in [3.8, 4) is 0 Å². The summed E-state index contributed by atoms with van der Waals surface area (Å²) in [6.45, 7) is 4.99. The third-order valence-electron chi connectivity index (χ3n) is 6.61. The molecule has 4 aromatic rings. The van der Waals surface area contributed by atoms with Crippen LogP contribution >= 0.6 is 0 Å². The molecule has 0 unspecified atom stereocenters. The van der Waals surface area contributed by atoms with Gasteiger partial charge in [-0.2, -0.15) is 0 Å². The van der Waals surface area contributed by atoms with E-state index in [1.165, 1.54) is 0 Å². The minimum atomic E-state index is -0.699. The van der Waals surface area contributed by atoms with E-state index in [0.29, 0.717) is 18.4 Å². The van der Waals surface area contributed by atoms with E-state index in [0.717, 1.165) is 27.8 Å². The molecule has 0 saturated heterocycles. The molecule has 3 heteroatoms. The van der Waals surface area contributed by atoms with Gasteiger partial charge in [-0.15, -0.1) is 0 Å². The van der Waals surface area contributed by atoms with Crippen molar-refractivity contribution in [3.05, 3.63) is 143 Å². The first-order valence-corrected chi connectivity index (χ1v) is 12.2. The van der Waals surface area contributed by atoms with E-state index < -0.39 is 5.54 Å². The number of nitrogens with zero attached hydrogens (tertiary/aromatic N) is 2. The lowest BCUT2D eigenvalue weighted by Gasteiger charge is -2.32. The number of hydrogen-bond donors (Lipinski definition) is 0. The number of rotatable bonds is 7. The minimum absolute atomic E-state index is 0.187. The molecule has 1 heterocycles. The largest absolute Gasteiger partial charge is 0.475 e. The van der Waals surface area contributed by atoms with Crippen molar-refractivity contribution < 1.29 is 4.74 Å². The van der Waals surface area contributed by atoms with Crippen LogP contribution in [0, 0.1) is 5.92 Å². The van der Waals surface area contributed by atoms with Gasteiger partial charge in [0.25, 0.3) is 0 Å². The van der Waals surface area contributed by atoms with E-state index in [9.17, 15) is 0 Å². The van der Waals surface area contributed by atoms with Crippen molar-refractivity contribution >= 4 is 12.1 Å². The van der Waals surface area contributed by atoms with Crippen LogP contribution in [0.2, 0.25) is 0 Å². The van der Waals surface area contributed by atoms with Gasteiger partial charge < -0.3 is 4.74 Å². The molecule has 0 aliphatic carbocycles. The van der Waals surface area contributed by atoms with Crippen LogP contribution in [0.25, 0.3) is 0 Å². The average Bonchev–Trinajstić information content (AvgIpc) is 3.42. The van der Waals surface area contributed by atoms with E-state index in [1.807, 2.05) is 36.5 Å². The molecule has 0 amide bonds. The molecule has 1 atom stereocenters. The molecule has 0 bridgehead atoms. The summed E-state index contributed by atoms with van der Waals surface area (Å²) in [7, 11) is 0. The van der Waals surface area contributed by atoms with Gasteiger partial charge in [-0.25, -0.2) is 4.99 Å². The fraction of sp³-hybridized carbons (Fsp3) is 0.188. The summed E-state index contributed by atoms with van der Waals surface area (Å²) in [6, 6.07) is 39.9. The standard InChI is InChI=1S/C32H30N2O/c1-24(2)30-23-35-31(34-30)29-21-13-12-14-25(29)22-33-32(26-15-6-3-7-16-26,27-17-8-4-9-18-27)28-19-10-5-11-20-28/h3-22,24,30H,23H2,1-2H3/t30-/m1/s1. The summed E-state index contributed by atoms with van der Waals surface area (Å²) >= 11 is 0. The number of hydrogen-bond acceptors (Lipinski definition) is 3. The maximum atomic E-state index is 6.03. The smallest absolute Gasteiger partial charge is 0.217 e. The Morgan fingerprint density at radius 2 is 1.23 bits per heavy atom. The molecule has 0 aromatic heterocycles. The quantitative estimate of drug-likeness (QED) is 0.219. The monoisotopic (exact) mass is 458 g/mol. The Hall–Kier alpha value is -3.98. The Kier molecular flexibility index (Phi) is 6.58. The summed E-state index contributed by atoms with van der Waals surface area (Å²) in [4.78, 5) is 10.3. The topological polar surface area (TPSA) is 34.0 Å². The number of benzene rings is 4. The van der Waals surface area contributed by atoms with Crippen molar-refractivity contribution in [2.75, 3.05) is 6.61 Å². The van der Waals surface area contributed by atoms with Gasteiger partial charge in [0.2, 0.25) is 5.90 Å². The van der Waals surface area contributed by atoms with Crippen LogP contribution in [-0.2, 0) is 10.3 Å². The van der Waals surface area contributed by atoms with Gasteiger partial charge in [0, 0.05) is 17.3 Å². The molecule has 174 valence electrons. The first kappa shape index (κ1) is 22.8. The average molecular weight is 459 g/mol. The Bertz CT molecular complexity index is 1210. The summed E-state index contributed by atoms with van der Waals surface area (Å²) in [5.74, 6) is 1.14. The van der Waals surface area contributed by atoms with Gasteiger partial charge in [-0.3, -0.25) is 4.99 Å². The third kappa shape index (κ3) is 4.54. The summed E-state index contributed by atoms with van der Waals surface area (Å²) < 4.78 is 6.03. The third-order valence-corrected chi connectivity index (χ3v) is 6.61. The first-order chi connectivity index (χ1) is 17.2. The van der Waals surface area contributed by atoms with Crippen molar-refractivity contribution in [1.29, 1.82) is 0 Å². The van der Waals surface area contributed by atoms with Crippen LogP contribution in [0.4, 0.5) is 0 Å². The molecule has 35 heavy (non-hydrogen) atoms. The maximum absolute atomic E-state index is 6.03. The lowest BCUT2D eigenvalue weighted by molar-refractivity contribution is 0.292. The molecule has 0 saturated carbocycles. The zero-order chi connectivity index (χ0) is 24.1. The summed E-state index contributed by atoms with van der Waals surface area (Å²) in [6.07, 6.45) is 1.98. The maximum Gasteiger partial charge on any atom is 0.217 e. The van der Waals surface area contributed by atoms with Crippen molar-refractivity contribution in [1.82, 2.24) is 0 Å². The SMILES string of the molecule is CC(C)[C@H]1COC(c2ccccc2C=NC(c2ccccc2)(c2ccccc2)c2ccccc2)=N1. The Labute approximate surface area is 207 Å². The second-order valence-corrected chi connectivity index (χ2v) is 9.21. The highest BCUT2D eigenvalue weighted by Crippen LogP contribution is 2.40. The molecule has 3 nitrogen and oxygen atoms in total. The first-order valence-electron chi connectivity index (χ1n) is 12.2. The summed E-state index contributed by atoms with van der Waals surface area (Å²) in [5, 5.41) is 0. The highest BCUT2D eigenvalue weighted by molar-refractivity contribution is 6.03. The van der Waals surface area contributed by atoms with Gasteiger partial charge in [-0.1, -0.05) is 123 Å². The van der Waals surface area contributed by atoms with E-state index in [2.05, 4.69) is 98.8 Å². The highest BCUT2D eigenvalue weighted by atomic mass is 16.5. The molecular weight excluding hydrogens is 428 g/mol. The van der Waals surface area contributed by atoms with Crippen LogP contribution < -0.4 is 0 Å². The number of ether oxygens (including phenoxy) is 1. The van der Waals surface area contributed by atoms with Crippen molar-refractivity contribution in [2.24, 2.45) is 15.9 Å². The van der Waals surface area contributed by atoms with Gasteiger partial charge in [0.05, 0.1) is 6.04 Å². The molecule has 4 aromatic carbocycles. The molecule has 0 N–H and O–H groups in total.